The summed E-state index contributed by atoms with van der Waals surface area (Å²) in [6, 6.07) is 0. The van der Waals surface area contributed by atoms with Crippen LogP contribution in [0, 0.1) is 5.41 Å². The summed E-state index contributed by atoms with van der Waals surface area (Å²) in [4.78, 5) is 11.5. The summed E-state index contributed by atoms with van der Waals surface area (Å²) in [6.45, 7) is 12.0. The first kappa shape index (κ1) is 18.0. The molecule has 1 spiro atoms. The van der Waals surface area contributed by atoms with Gasteiger partial charge in [-0.15, -0.1) is 0 Å². The highest BCUT2D eigenvalue weighted by Gasteiger charge is 2.46. The van der Waals surface area contributed by atoms with Gasteiger partial charge in [-0.3, -0.25) is 0 Å². The zero-order valence-electron chi connectivity index (χ0n) is 14.9. The molecule has 0 saturated carbocycles. The third kappa shape index (κ3) is 3.93. The van der Waals surface area contributed by atoms with Gasteiger partial charge in [-0.05, 0) is 49.3 Å². The maximum atomic E-state index is 11.5. The van der Waals surface area contributed by atoms with Crippen LogP contribution in [0.25, 0.3) is 0 Å². The van der Waals surface area contributed by atoms with Gasteiger partial charge in [0.15, 0.2) is 5.79 Å². The summed E-state index contributed by atoms with van der Waals surface area (Å²) in [5.74, 6) is -0.851. The molecule has 0 aromatic carbocycles. The maximum Gasteiger partial charge on any atom is 0.330 e. The highest BCUT2D eigenvalue weighted by Crippen LogP contribution is 2.48. The second-order valence-electron chi connectivity index (χ2n) is 6.85. The lowest BCUT2D eigenvalue weighted by Gasteiger charge is -2.42. The molecule has 1 aliphatic carbocycles. The summed E-state index contributed by atoms with van der Waals surface area (Å²) < 4.78 is 16.8. The molecular weight excluding hydrogens is 292 g/mol. The second kappa shape index (κ2) is 7.02. The van der Waals surface area contributed by atoms with Crippen LogP contribution in [0.15, 0.2) is 34.9 Å². The van der Waals surface area contributed by atoms with Crippen molar-refractivity contribution >= 4 is 5.97 Å². The molecule has 0 radical (unpaired) electrons. The fourth-order valence-electron chi connectivity index (χ4n) is 3.31. The van der Waals surface area contributed by atoms with Crippen LogP contribution in [0.2, 0.25) is 0 Å². The summed E-state index contributed by atoms with van der Waals surface area (Å²) in [5.41, 5.74) is 3.30. The van der Waals surface area contributed by atoms with E-state index in [4.69, 9.17) is 14.2 Å². The van der Waals surface area contributed by atoms with Gasteiger partial charge >= 0.3 is 5.97 Å². The molecule has 0 N–H and O–H groups in total. The van der Waals surface area contributed by atoms with Crippen LogP contribution in [0.5, 0.6) is 0 Å². The van der Waals surface area contributed by atoms with Crippen LogP contribution >= 0.6 is 0 Å². The van der Waals surface area contributed by atoms with E-state index in [9.17, 15) is 4.79 Å². The predicted molar refractivity (Wildman–Crippen MR) is 89.9 cm³/mol. The van der Waals surface area contributed by atoms with Crippen molar-refractivity contribution in [3.8, 4) is 0 Å². The first-order valence-corrected chi connectivity index (χ1v) is 8.33. The van der Waals surface area contributed by atoms with Gasteiger partial charge in [-0.1, -0.05) is 26.0 Å². The maximum absolute atomic E-state index is 11.5. The smallest absolute Gasteiger partial charge is 0.330 e. The molecule has 4 nitrogen and oxygen atoms in total. The van der Waals surface area contributed by atoms with Crippen LogP contribution in [0.3, 0.4) is 0 Å². The third-order valence-corrected chi connectivity index (χ3v) is 4.68. The van der Waals surface area contributed by atoms with E-state index in [1.807, 2.05) is 13.0 Å². The minimum absolute atomic E-state index is 0.0609. The number of rotatable bonds is 4. The van der Waals surface area contributed by atoms with E-state index in [0.717, 1.165) is 24.0 Å². The predicted octanol–water partition coefficient (Wildman–Crippen LogP) is 3.93. The lowest BCUT2D eigenvalue weighted by atomic mass is 9.70. The molecule has 0 atom stereocenters. The van der Waals surface area contributed by atoms with Gasteiger partial charge in [0.2, 0.25) is 0 Å². The van der Waals surface area contributed by atoms with E-state index in [-0.39, 0.29) is 11.4 Å². The van der Waals surface area contributed by atoms with Crippen molar-refractivity contribution in [3.63, 3.8) is 0 Å². The van der Waals surface area contributed by atoms with Crippen molar-refractivity contribution in [2.24, 2.45) is 5.41 Å². The number of esters is 1. The largest absolute Gasteiger partial charge is 0.463 e. The number of hydrogen-bond acceptors (Lipinski definition) is 4. The zero-order chi connectivity index (χ0) is 17.1. The highest BCUT2D eigenvalue weighted by molar-refractivity contribution is 5.83. The second-order valence-corrected chi connectivity index (χ2v) is 6.85. The highest BCUT2D eigenvalue weighted by atomic mass is 16.7. The van der Waals surface area contributed by atoms with Gasteiger partial charge in [0.25, 0.3) is 0 Å². The molecule has 1 fully saturated rings. The lowest BCUT2D eigenvalue weighted by molar-refractivity contribution is -0.141. The quantitative estimate of drug-likeness (QED) is 0.447. The van der Waals surface area contributed by atoms with E-state index in [1.165, 1.54) is 11.6 Å². The lowest BCUT2D eigenvalue weighted by Crippen LogP contribution is -2.39. The Morgan fingerprint density at radius 2 is 1.91 bits per heavy atom. The molecule has 128 valence electrons. The van der Waals surface area contributed by atoms with Crippen molar-refractivity contribution in [1.82, 2.24) is 0 Å². The van der Waals surface area contributed by atoms with Gasteiger partial charge in [-0.2, -0.15) is 0 Å². The number of carbonyl (C=O) groups is 1. The molecule has 23 heavy (non-hydrogen) atoms. The van der Waals surface area contributed by atoms with E-state index in [1.54, 1.807) is 6.92 Å². The number of hydrogen-bond donors (Lipinski definition) is 0. The number of ether oxygens (including phenoxy) is 3. The van der Waals surface area contributed by atoms with Crippen molar-refractivity contribution in [2.75, 3.05) is 19.8 Å². The molecule has 4 heteroatoms. The van der Waals surface area contributed by atoms with Crippen LogP contribution in [-0.4, -0.2) is 31.6 Å². The third-order valence-electron chi connectivity index (χ3n) is 4.68. The van der Waals surface area contributed by atoms with Crippen molar-refractivity contribution in [2.45, 2.75) is 53.2 Å². The van der Waals surface area contributed by atoms with Crippen LogP contribution in [-0.2, 0) is 19.0 Å². The Hall–Kier alpha value is -1.39. The molecular formula is C19H28O4. The SMILES string of the molecule is CCOC(=O)/C=C(C)/C=C/C1=C(C)C2(CCC1(C)C)OCCO2. The summed E-state index contributed by atoms with van der Waals surface area (Å²) in [6.07, 6.45) is 7.47. The van der Waals surface area contributed by atoms with Gasteiger partial charge in [0, 0.05) is 12.5 Å². The number of carbonyl (C=O) groups excluding carboxylic acids is 1. The minimum Gasteiger partial charge on any atom is -0.463 e. The van der Waals surface area contributed by atoms with E-state index >= 15 is 0 Å². The fraction of sp³-hybridized carbons (Fsp3) is 0.632. The van der Waals surface area contributed by atoms with Crippen LogP contribution in [0.1, 0.15) is 47.5 Å². The number of allylic oxidation sites excluding steroid dienone is 4. The fourth-order valence-corrected chi connectivity index (χ4v) is 3.31. The molecule has 0 amide bonds. The molecule has 0 aromatic heterocycles. The molecule has 0 bridgehead atoms. The Kier molecular flexibility index (Phi) is 5.48. The molecule has 2 rings (SSSR count). The average molecular weight is 320 g/mol. The average Bonchev–Trinajstić information content (AvgIpc) is 2.94. The van der Waals surface area contributed by atoms with Crippen molar-refractivity contribution in [1.29, 1.82) is 0 Å². The zero-order valence-corrected chi connectivity index (χ0v) is 14.9. The van der Waals surface area contributed by atoms with Gasteiger partial charge in [0.05, 0.1) is 19.8 Å². The first-order valence-electron chi connectivity index (χ1n) is 8.33. The first-order chi connectivity index (χ1) is 10.8. The van der Waals surface area contributed by atoms with Crippen LogP contribution in [0.4, 0.5) is 0 Å². The van der Waals surface area contributed by atoms with Crippen LogP contribution < -0.4 is 0 Å². The van der Waals surface area contributed by atoms with Gasteiger partial charge in [0.1, 0.15) is 0 Å². The molecule has 1 saturated heterocycles. The van der Waals surface area contributed by atoms with Gasteiger partial charge in [-0.25, -0.2) is 4.79 Å². The summed E-state index contributed by atoms with van der Waals surface area (Å²) >= 11 is 0. The Morgan fingerprint density at radius 3 is 2.52 bits per heavy atom. The molecule has 1 heterocycles. The van der Waals surface area contributed by atoms with Crippen molar-refractivity contribution < 1.29 is 19.0 Å². The summed E-state index contributed by atoms with van der Waals surface area (Å²) in [5, 5.41) is 0. The van der Waals surface area contributed by atoms with Gasteiger partial charge < -0.3 is 14.2 Å². The normalized spacial score (nSPS) is 23.8. The molecule has 1 aliphatic heterocycles. The minimum atomic E-state index is -0.548. The summed E-state index contributed by atoms with van der Waals surface area (Å²) in [7, 11) is 0. The van der Waals surface area contributed by atoms with E-state index in [2.05, 4.69) is 26.8 Å². The Balaban J connectivity index is 2.27. The van der Waals surface area contributed by atoms with E-state index < -0.39 is 5.79 Å². The standard InChI is InChI=1S/C19H28O4/c1-6-21-17(20)13-14(2)7-8-16-15(3)19(22-11-12-23-19)10-9-18(16,4)5/h7-8,13H,6,9-12H2,1-5H3/b8-7+,14-13+. The topological polar surface area (TPSA) is 44.8 Å². The Bertz CT molecular complexity index is 546. The molecule has 2 aliphatic rings. The van der Waals surface area contributed by atoms with Crippen molar-refractivity contribution in [3.05, 3.63) is 34.9 Å². The monoisotopic (exact) mass is 320 g/mol. The molecule has 0 aromatic rings. The Morgan fingerprint density at radius 1 is 1.26 bits per heavy atom. The van der Waals surface area contributed by atoms with E-state index in [0.29, 0.717) is 19.8 Å². The Labute approximate surface area is 139 Å². The molecule has 0 unspecified atom stereocenters.